The van der Waals surface area contributed by atoms with E-state index in [0.717, 1.165) is 30.7 Å². The molecule has 1 aliphatic rings. The van der Waals surface area contributed by atoms with Crippen LogP contribution in [0.3, 0.4) is 0 Å². The minimum absolute atomic E-state index is 0.130. The van der Waals surface area contributed by atoms with Crippen LogP contribution in [0, 0.1) is 5.92 Å². The van der Waals surface area contributed by atoms with Crippen molar-refractivity contribution in [3.63, 3.8) is 0 Å². The average molecular weight is 248 g/mol. The van der Waals surface area contributed by atoms with E-state index in [2.05, 4.69) is 5.32 Å². The lowest BCUT2D eigenvalue weighted by atomic mass is 9.99. The molecule has 4 heteroatoms. The van der Waals surface area contributed by atoms with Crippen molar-refractivity contribution in [1.29, 1.82) is 0 Å². The molecule has 2 rings (SSSR count). The molecule has 1 fully saturated rings. The summed E-state index contributed by atoms with van der Waals surface area (Å²) in [5, 5.41) is 2.83. The molecule has 1 aromatic rings. The Kier molecular flexibility index (Phi) is 4.59. The predicted octanol–water partition coefficient (Wildman–Crippen LogP) is 1.09. The van der Waals surface area contributed by atoms with Crippen LogP contribution in [0.1, 0.15) is 18.4 Å². The molecule has 0 bridgehead atoms. The molecule has 1 aliphatic heterocycles. The van der Waals surface area contributed by atoms with Crippen LogP contribution >= 0.6 is 0 Å². The molecule has 1 atom stereocenters. The van der Waals surface area contributed by atoms with Gasteiger partial charge in [-0.2, -0.15) is 0 Å². The smallest absolute Gasteiger partial charge is 0.220 e. The van der Waals surface area contributed by atoms with Crippen LogP contribution in [0.25, 0.3) is 0 Å². The molecule has 1 unspecified atom stereocenters. The zero-order valence-corrected chi connectivity index (χ0v) is 10.5. The van der Waals surface area contributed by atoms with Crippen molar-refractivity contribution < 1.29 is 9.53 Å². The van der Waals surface area contributed by atoms with Crippen molar-refractivity contribution in [2.24, 2.45) is 11.7 Å². The van der Waals surface area contributed by atoms with Crippen molar-refractivity contribution in [3.05, 3.63) is 29.8 Å². The molecule has 0 radical (unpaired) electrons. The van der Waals surface area contributed by atoms with Crippen LogP contribution < -0.4 is 15.8 Å². The van der Waals surface area contributed by atoms with Crippen molar-refractivity contribution in [2.75, 3.05) is 19.7 Å². The number of piperidine rings is 1. The van der Waals surface area contributed by atoms with Crippen LogP contribution in [0.2, 0.25) is 0 Å². The average Bonchev–Trinajstić information content (AvgIpc) is 2.38. The lowest BCUT2D eigenvalue weighted by Crippen LogP contribution is -2.35. The van der Waals surface area contributed by atoms with Gasteiger partial charge in [-0.3, -0.25) is 4.79 Å². The van der Waals surface area contributed by atoms with Crippen LogP contribution in [0.15, 0.2) is 24.3 Å². The molecule has 1 amide bonds. The second kappa shape index (κ2) is 6.40. The first-order valence-corrected chi connectivity index (χ1v) is 6.47. The highest BCUT2D eigenvalue weighted by atomic mass is 16.5. The lowest BCUT2D eigenvalue weighted by molar-refractivity contribution is -0.123. The van der Waals surface area contributed by atoms with Gasteiger partial charge in [0.25, 0.3) is 0 Å². The lowest BCUT2D eigenvalue weighted by Gasteiger charge is -2.22. The van der Waals surface area contributed by atoms with Crippen LogP contribution in [-0.2, 0) is 11.2 Å². The van der Waals surface area contributed by atoms with Gasteiger partial charge in [0.1, 0.15) is 5.75 Å². The SMILES string of the molecule is NCCc1ccccc1OCC1CCNC(=O)C1. The molecule has 1 saturated heterocycles. The quantitative estimate of drug-likeness (QED) is 0.820. The molecule has 3 N–H and O–H groups in total. The fourth-order valence-corrected chi connectivity index (χ4v) is 2.21. The summed E-state index contributed by atoms with van der Waals surface area (Å²) in [5.41, 5.74) is 6.72. The molecule has 1 heterocycles. The number of benzene rings is 1. The van der Waals surface area contributed by atoms with Gasteiger partial charge in [-0.1, -0.05) is 18.2 Å². The van der Waals surface area contributed by atoms with E-state index in [0.29, 0.717) is 25.5 Å². The Hall–Kier alpha value is -1.55. The van der Waals surface area contributed by atoms with E-state index in [4.69, 9.17) is 10.5 Å². The van der Waals surface area contributed by atoms with Gasteiger partial charge >= 0.3 is 0 Å². The molecule has 4 nitrogen and oxygen atoms in total. The van der Waals surface area contributed by atoms with Gasteiger partial charge in [0, 0.05) is 18.9 Å². The van der Waals surface area contributed by atoms with Crippen LogP contribution in [-0.4, -0.2) is 25.6 Å². The molecule has 1 aromatic carbocycles. The molecular weight excluding hydrogens is 228 g/mol. The summed E-state index contributed by atoms with van der Waals surface area (Å²) in [5.74, 6) is 1.35. The summed E-state index contributed by atoms with van der Waals surface area (Å²) >= 11 is 0. The highest BCUT2D eigenvalue weighted by Crippen LogP contribution is 2.21. The monoisotopic (exact) mass is 248 g/mol. The summed E-state index contributed by atoms with van der Waals surface area (Å²) in [4.78, 5) is 11.3. The third kappa shape index (κ3) is 3.47. The van der Waals surface area contributed by atoms with Gasteiger partial charge in [0.05, 0.1) is 6.61 Å². The zero-order chi connectivity index (χ0) is 12.8. The topological polar surface area (TPSA) is 64.3 Å². The predicted molar refractivity (Wildman–Crippen MR) is 70.4 cm³/mol. The Labute approximate surface area is 108 Å². The van der Waals surface area contributed by atoms with Crippen LogP contribution in [0.4, 0.5) is 0 Å². The summed E-state index contributed by atoms with van der Waals surface area (Å²) < 4.78 is 5.84. The highest BCUT2D eigenvalue weighted by molar-refractivity contribution is 5.76. The molecule has 0 saturated carbocycles. The summed E-state index contributed by atoms with van der Waals surface area (Å²) in [6.45, 7) is 1.98. The third-order valence-electron chi connectivity index (χ3n) is 3.21. The Balaban J connectivity index is 1.91. The minimum atomic E-state index is 0.130. The molecule has 18 heavy (non-hydrogen) atoms. The number of para-hydroxylation sites is 1. The van der Waals surface area contributed by atoms with Gasteiger partial charge < -0.3 is 15.8 Å². The second-order valence-electron chi connectivity index (χ2n) is 4.67. The molecule has 0 aliphatic carbocycles. The van der Waals surface area contributed by atoms with Gasteiger partial charge in [-0.25, -0.2) is 0 Å². The first-order valence-electron chi connectivity index (χ1n) is 6.47. The first-order chi connectivity index (χ1) is 8.79. The van der Waals surface area contributed by atoms with Gasteiger partial charge in [0.2, 0.25) is 5.91 Å². The maximum Gasteiger partial charge on any atom is 0.220 e. The molecule has 98 valence electrons. The maximum absolute atomic E-state index is 11.3. The largest absolute Gasteiger partial charge is 0.493 e. The zero-order valence-electron chi connectivity index (χ0n) is 10.5. The normalized spacial score (nSPS) is 19.4. The summed E-state index contributed by atoms with van der Waals surface area (Å²) in [6, 6.07) is 7.96. The number of carbonyl (C=O) groups is 1. The van der Waals surface area contributed by atoms with Gasteiger partial charge in [-0.15, -0.1) is 0 Å². The molecule has 0 aromatic heterocycles. The van der Waals surface area contributed by atoms with Gasteiger partial charge in [-0.05, 0) is 31.0 Å². The number of hydrogen-bond donors (Lipinski definition) is 2. The number of nitrogens with one attached hydrogen (secondary N) is 1. The Morgan fingerprint density at radius 2 is 2.22 bits per heavy atom. The van der Waals surface area contributed by atoms with Crippen molar-refractivity contribution in [1.82, 2.24) is 5.32 Å². The van der Waals surface area contributed by atoms with Crippen molar-refractivity contribution in [3.8, 4) is 5.75 Å². The molecule has 0 spiro atoms. The minimum Gasteiger partial charge on any atom is -0.493 e. The van der Waals surface area contributed by atoms with Crippen LogP contribution in [0.5, 0.6) is 5.75 Å². The maximum atomic E-state index is 11.3. The first kappa shape index (κ1) is 12.9. The van der Waals surface area contributed by atoms with E-state index >= 15 is 0 Å². The highest BCUT2D eigenvalue weighted by Gasteiger charge is 2.19. The van der Waals surface area contributed by atoms with Crippen molar-refractivity contribution in [2.45, 2.75) is 19.3 Å². The van der Waals surface area contributed by atoms with E-state index in [9.17, 15) is 4.79 Å². The standard InChI is InChI=1S/C14H20N2O2/c15-7-5-12-3-1-2-4-13(12)18-10-11-6-8-16-14(17)9-11/h1-4,11H,5-10,15H2,(H,16,17). The summed E-state index contributed by atoms with van der Waals surface area (Å²) in [7, 11) is 0. The Morgan fingerprint density at radius 3 is 3.00 bits per heavy atom. The fourth-order valence-electron chi connectivity index (χ4n) is 2.21. The molecular formula is C14H20N2O2. The van der Waals surface area contributed by atoms with Crippen molar-refractivity contribution >= 4 is 5.91 Å². The summed E-state index contributed by atoms with van der Waals surface area (Å²) in [6.07, 6.45) is 2.38. The third-order valence-corrected chi connectivity index (χ3v) is 3.21. The van der Waals surface area contributed by atoms with E-state index < -0.39 is 0 Å². The number of amides is 1. The number of hydrogen-bond acceptors (Lipinski definition) is 3. The van der Waals surface area contributed by atoms with E-state index in [-0.39, 0.29) is 5.91 Å². The van der Waals surface area contributed by atoms with E-state index in [1.54, 1.807) is 0 Å². The number of nitrogens with two attached hydrogens (primary N) is 1. The van der Waals surface area contributed by atoms with Gasteiger partial charge in [0.15, 0.2) is 0 Å². The fraction of sp³-hybridized carbons (Fsp3) is 0.500. The Bertz CT molecular complexity index is 407. The second-order valence-corrected chi connectivity index (χ2v) is 4.67. The van der Waals surface area contributed by atoms with E-state index in [1.165, 1.54) is 0 Å². The number of ether oxygens (including phenoxy) is 1. The Morgan fingerprint density at radius 1 is 1.39 bits per heavy atom. The number of rotatable bonds is 5. The number of carbonyl (C=O) groups excluding carboxylic acids is 1. The van der Waals surface area contributed by atoms with E-state index in [1.807, 2.05) is 24.3 Å².